The van der Waals surface area contributed by atoms with Crippen LogP contribution in [0.3, 0.4) is 0 Å². The van der Waals surface area contributed by atoms with Crippen molar-refractivity contribution in [2.75, 3.05) is 36.4 Å². The fraction of sp³-hybridized carbons (Fsp3) is 0.435. The van der Waals surface area contributed by atoms with Crippen LogP contribution in [0, 0.1) is 5.92 Å². The van der Waals surface area contributed by atoms with Gasteiger partial charge in [-0.2, -0.15) is 0 Å². The zero-order valence-corrected chi connectivity index (χ0v) is 16.9. The van der Waals surface area contributed by atoms with Crippen LogP contribution in [0.15, 0.2) is 42.6 Å². The van der Waals surface area contributed by atoms with Crippen molar-refractivity contribution in [2.45, 2.75) is 32.6 Å². The van der Waals surface area contributed by atoms with Crippen LogP contribution in [0.2, 0.25) is 0 Å². The summed E-state index contributed by atoms with van der Waals surface area (Å²) in [7, 11) is 0. The molecule has 0 radical (unpaired) electrons. The molecule has 6 nitrogen and oxygen atoms in total. The van der Waals surface area contributed by atoms with Gasteiger partial charge in [-0.05, 0) is 68.0 Å². The molecule has 4 rings (SSSR count). The fourth-order valence-electron chi connectivity index (χ4n) is 4.01. The highest BCUT2D eigenvalue weighted by Gasteiger charge is 2.21. The zero-order valence-electron chi connectivity index (χ0n) is 16.9. The van der Waals surface area contributed by atoms with Crippen LogP contribution in [0.1, 0.15) is 53.5 Å². The molecule has 3 heterocycles. The minimum Gasteiger partial charge on any atom is -0.372 e. The molecule has 2 saturated heterocycles. The molecule has 2 amide bonds. The Morgan fingerprint density at radius 2 is 1.69 bits per heavy atom. The zero-order chi connectivity index (χ0) is 20.2. The van der Waals surface area contributed by atoms with Gasteiger partial charge in [-0.15, -0.1) is 0 Å². The minimum absolute atomic E-state index is 0.0286. The first kappa shape index (κ1) is 19.4. The van der Waals surface area contributed by atoms with E-state index in [-0.39, 0.29) is 17.5 Å². The molecule has 0 unspecified atom stereocenters. The molecule has 2 aliphatic heterocycles. The van der Waals surface area contributed by atoms with E-state index in [9.17, 15) is 9.59 Å². The second-order valence-electron chi connectivity index (χ2n) is 8.10. The van der Waals surface area contributed by atoms with Crippen molar-refractivity contribution in [3.05, 3.63) is 53.9 Å². The highest BCUT2D eigenvalue weighted by atomic mass is 16.2. The number of carbonyl (C=O) groups is 2. The smallest absolute Gasteiger partial charge is 0.274 e. The number of aromatic nitrogens is 1. The quantitative estimate of drug-likeness (QED) is 0.859. The van der Waals surface area contributed by atoms with Crippen molar-refractivity contribution in [3.63, 3.8) is 0 Å². The van der Waals surface area contributed by atoms with Crippen molar-refractivity contribution in [2.24, 2.45) is 5.92 Å². The molecule has 0 bridgehead atoms. The van der Waals surface area contributed by atoms with Crippen molar-refractivity contribution >= 4 is 23.2 Å². The summed E-state index contributed by atoms with van der Waals surface area (Å²) in [5, 5.41) is 2.89. The van der Waals surface area contributed by atoms with E-state index < -0.39 is 0 Å². The third-order valence-electron chi connectivity index (χ3n) is 5.91. The maximum absolute atomic E-state index is 12.6. The summed E-state index contributed by atoms with van der Waals surface area (Å²) in [4.78, 5) is 33.5. The molecule has 1 aromatic heterocycles. The number of benzene rings is 1. The summed E-state index contributed by atoms with van der Waals surface area (Å²) in [6.07, 6.45) is 6.04. The topological polar surface area (TPSA) is 65.5 Å². The predicted octanol–water partition coefficient (Wildman–Crippen LogP) is 3.81. The van der Waals surface area contributed by atoms with Crippen molar-refractivity contribution in [1.82, 2.24) is 9.88 Å². The molecule has 2 fully saturated rings. The lowest BCUT2D eigenvalue weighted by Crippen LogP contribution is -2.32. The molecule has 152 valence electrons. The Balaban J connectivity index is 1.40. The molecule has 1 aromatic carbocycles. The van der Waals surface area contributed by atoms with Crippen LogP contribution in [-0.4, -0.2) is 47.9 Å². The summed E-state index contributed by atoms with van der Waals surface area (Å²) >= 11 is 0. The summed E-state index contributed by atoms with van der Waals surface area (Å²) in [6.45, 7) is 6.02. The second-order valence-corrected chi connectivity index (χ2v) is 8.10. The molecule has 2 aromatic rings. The number of likely N-dealkylation sites (tertiary alicyclic amines) is 1. The highest BCUT2D eigenvalue weighted by Crippen LogP contribution is 2.24. The predicted molar refractivity (Wildman–Crippen MR) is 114 cm³/mol. The first-order chi connectivity index (χ1) is 14.1. The van der Waals surface area contributed by atoms with E-state index in [0.717, 1.165) is 50.6 Å². The Morgan fingerprint density at radius 1 is 1.00 bits per heavy atom. The normalized spacial score (nSPS) is 17.4. The molecule has 29 heavy (non-hydrogen) atoms. The Kier molecular flexibility index (Phi) is 5.79. The number of amides is 2. The van der Waals surface area contributed by atoms with Gasteiger partial charge in [0.2, 0.25) is 0 Å². The first-order valence-corrected chi connectivity index (χ1v) is 10.5. The number of nitrogens with one attached hydrogen (secondary N) is 1. The molecular weight excluding hydrogens is 364 g/mol. The number of hydrogen-bond acceptors (Lipinski definition) is 4. The minimum atomic E-state index is -0.305. The number of piperidine rings is 1. The van der Waals surface area contributed by atoms with E-state index in [0.29, 0.717) is 5.56 Å². The average Bonchev–Trinajstić information content (AvgIpc) is 3.29. The van der Waals surface area contributed by atoms with Crippen molar-refractivity contribution < 1.29 is 9.59 Å². The maximum atomic E-state index is 12.6. The Labute approximate surface area is 171 Å². The first-order valence-electron chi connectivity index (χ1n) is 10.5. The van der Waals surface area contributed by atoms with E-state index >= 15 is 0 Å². The Morgan fingerprint density at radius 3 is 2.38 bits per heavy atom. The van der Waals surface area contributed by atoms with Gasteiger partial charge in [-0.1, -0.05) is 6.92 Å². The van der Waals surface area contributed by atoms with E-state index in [1.165, 1.54) is 24.7 Å². The van der Waals surface area contributed by atoms with Gasteiger partial charge in [0.15, 0.2) is 0 Å². The van der Waals surface area contributed by atoms with E-state index in [4.69, 9.17) is 0 Å². The molecule has 0 spiro atoms. The summed E-state index contributed by atoms with van der Waals surface area (Å²) in [5.41, 5.74) is 2.68. The maximum Gasteiger partial charge on any atom is 0.274 e. The number of carbonyl (C=O) groups excluding carboxylic acids is 2. The summed E-state index contributed by atoms with van der Waals surface area (Å²) in [6, 6.07) is 11.2. The Bertz CT molecular complexity index is 867. The second kappa shape index (κ2) is 8.64. The average molecular weight is 393 g/mol. The van der Waals surface area contributed by atoms with Crippen molar-refractivity contribution in [1.29, 1.82) is 0 Å². The van der Waals surface area contributed by atoms with E-state index in [1.54, 1.807) is 12.1 Å². The SMILES string of the molecule is CC1CCN(c2ccc(NC(=O)c3cc(C(=O)N4CCCC4)ccn3)cc2)CC1. The summed E-state index contributed by atoms with van der Waals surface area (Å²) in [5.74, 6) is 0.463. The third kappa shape index (κ3) is 4.58. The lowest BCUT2D eigenvalue weighted by molar-refractivity contribution is 0.0792. The third-order valence-corrected chi connectivity index (χ3v) is 5.91. The van der Waals surface area contributed by atoms with Gasteiger partial charge in [0.1, 0.15) is 5.69 Å². The standard InChI is InChI=1S/C23H28N4O2/c1-17-9-14-26(15-10-17)20-6-4-19(5-7-20)25-22(28)21-16-18(8-11-24-21)23(29)27-12-2-3-13-27/h4-8,11,16-17H,2-3,9-10,12-15H2,1H3,(H,25,28). The molecule has 6 heteroatoms. The van der Waals surface area contributed by atoms with Gasteiger partial charge in [0, 0.05) is 49.3 Å². The number of hydrogen-bond donors (Lipinski definition) is 1. The molecule has 0 atom stereocenters. The van der Waals surface area contributed by atoms with Gasteiger partial charge in [-0.3, -0.25) is 14.6 Å². The van der Waals surface area contributed by atoms with Crippen LogP contribution in [-0.2, 0) is 0 Å². The number of rotatable bonds is 4. The number of anilines is 2. The molecule has 2 aliphatic rings. The number of pyridine rings is 1. The Hall–Kier alpha value is -2.89. The monoisotopic (exact) mass is 392 g/mol. The van der Waals surface area contributed by atoms with Crippen LogP contribution >= 0.6 is 0 Å². The fourth-order valence-corrected chi connectivity index (χ4v) is 4.01. The highest BCUT2D eigenvalue weighted by molar-refractivity contribution is 6.04. The molecular formula is C23H28N4O2. The van der Waals surface area contributed by atoms with Crippen LogP contribution in [0.25, 0.3) is 0 Å². The van der Waals surface area contributed by atoms with Gasteiger partial charge < -0.3 is 15.1 Å². The van der Waals surface area contributed by atoms with E-state index in [2.05, 4.69) is 22.1 Å². The lowest BCUT2D eigenvalue weighted by atomic mass is 9.99. The van der Waals surface area contributed by atoms with Crippen LogP contribution in [0.5, 0.6) is 0 Å². The van der Waals surface area contributed by atoms with Gasteiger partial charge in [-0.25, -0.2) is 0 Å². The number of nitrogens with zero attached hydrogens (tertiary/aromatic N) is 3. The van der Waals surface area contributed by atoms with Crippen LogP contribution in [0.4, 0.5) is 11.4 Å². The van der Waals surface area contributed by atoms with Gasteiger partial charge >= 0.3 is 0 Å². The molecule has 1 N–H and O–H groups in total. The molecule has 0 saturated carbocycles. The van der Waals surface area contributed by atoms with Crippen LogP contribution < -0.4 is 10.2 Å². The lowest BCUT2D eigenvalue weighted by Gasteiger charge is -2.32. The molecule has 0 aliphatic carbocycles. The summed E-state index contributed by atoms with van der Waals surface area (Å²) < 4.78 is 0. The van der Waals surface area contributed by atoms with E-state index in [1.807, 2.05) is 29.2 Å². The van der Waals surface area contributed by atoms with Gasteiger partial charge in [0.05, 0.1) is 0 Å². The largest absolute Gasteiger partial charge is 0.372 e. The van der Waals surface area contributed by atoms with Crippen molar-refractivity contribution in [3.8, 4) is 0 Å². The van der Waals surface area contributed by atoms with Gasteiger partial charge in [0.25, 0.3) is 11.8 Å².